The van der Waals surface area contributed by atoms with Gasteiger partial charge < -0.3 is 0 Å². The second kappa shape index (κ2) is 6.07. The Balaban J connectivity index is 4.58. The Kier molecular flexibility index (Phi) is 6.23. The zero-order valence-electron chi connectivity index (χ0n) is 12.2. The van der Waals surface area contributed by atoms with E-state index in [4.69, 9.17) is 9.05 Å². The Morgan fingerprint density at radius 1 is 1.18 bits per heavy atom. The zero-order chi connectivity index (χ0) is 13.9. The third-order valence-electron chi connectivity index (χ3n) is 2.81. The van der Waals surface area contributed by atoms with Gasteiger partial charge in [-0.2, -0.15) is 4.49 Å². The van der Waals surface area contributed by atoms with Crippen LogP contribution in [0.15, 0.2) is 0 Å². The Labute approximate surface area is 110 Å². The average Bonchev–Trinajstić information content (AvgIpc) is 2.12. The molecule has 1 atom stereocenters. The lowest BCUT2D eigenvalue weighted by Gasteiger charge is -2.38. The second-order valence-corrected chi connectivity index (χ2v) is 9.31. The molecule has 0 bridgehead atoms. The predicted molar refractivity (Wildman–Crippen MR) is 75.1 cm³/mol. The van der Waals surface area contributed by atoms with Crippen molar-refractivity contribution in [3.63, 3.8) is 0 Å². The molecule has 0 fully saturated rings. The summed E-state index contributed by atoms with van der Waals surface area (Å²) in [7, 11) is -1.82. The first-order valence-electron chi connectivity index (χ1n) is 5.73. The summed E-state index contributed by atoms with van der Waals surface area (Å²) in [6, 6.07) is 0. The summed E-state index contributed by atoms with van der Waals surface area (Å²) < 4.78 is 25.2. The van der Waals surface area contributed by atoms with Crippen molar-refractivity contribution in [2.75, 3.05) is 7.11 Å². The summed E-state index contributed by atoms with van der Waals surface area (Å²) in [5.74, 6) is 0. The molecule has 0 aliphatic carbocycles. The van der Waals surface area contributed by atoms with Crippen LogP contribution in [0.2, 0.25) is 0 Å². The van der Waals surface area contributed by atoms with Crippen molar-refractivity contribution in [3.8, 4) is 0 Å². The van der Waals surface area contributed by atoms with Gasteiger partial charge in [-0.1, -0.05) is 32.7 Å². The maximum Gasteiger partial charge on any atom is 0.415 e. The molecule has 17 heavy (non-hydrogen) atoms. The summed E-state index contributed by atoms with van der Waals surface area (Å²) in [6.45, 7) is 14.3. The predicted octanol–water partition coefficient (Wildman–Crippen LogP) is 4.23. The Morgan fingerprint density at radius 2 is 1.65 bits per heavy atom. The lowest BCUT2D eigenvalue weighted by Crippen LogP contribution is -2.35. The maximum atomic E-state index is 12.2. The highest BCUT2D eigenvalue weighted by molar-refractivity contribution is 8.03. The van der Waals surface area contributed by atoms with Crippen LogP contribution < -0.4 is 4.49 Å². The minimum atomic E-state index is -3.21. The monoisotopic (exact) mass is 283 g/mol. The molecule has 0 saturated carbocycles. The molecule has 0 saturated heterocycles. The maximum absolute atomic E-state index is 12.2. The van der Waals surface area contributed by atoms with E-state index in [1.54, 1.807) is 0 Å². The van der Waals surface area contributed by atoms with Gasteiger partial charge in [-0.15, -0.1) is 0 Å². The van der Waals surface area contributed by atoms with Crippen molar-refractivity contribution in [1.82, 2.24) is 4.49 Å². The highest BCUT2D eigenvalue weighted by Gasteiger charge is 2.37. The number of rotatable bonds is 6. The van der Waals surface area contributed by atoms with Gasteiger partial charge in [0, 0.05) is 11.9 Å². The molecule has 0 aromatic rings. The number of nitrogens with one attached hydrogen (secondary N) is 1. The van der Waals surface area contributed by atoms with Gasteiger partial charge >= 0.3 is 7.75 Å². The van der Waals surface area contributed by atoms with Gasteiger partial charge in [0.1, 0.15) is 0 Å². The molecule has 0 amide bonds. The largest absolute Gasteiger partial charge is 0.415 e. The quantitative estimate of drug-likeness (QED) is 0.584. The Morgan fingerprint density at radius 3 is 1.94 bits per heavy atom. The highest BCUT2D eigenvalue weighted by atomic mass is 32.2. The van der Waals surface area contributed by atoms with Crippen LogP contribution in [0.5, 0.6) is 0 Å². The van der Waals surface area contributed by atoms with Crippen molar-refractivity contribution < 1.29 is 13.6 Å². The molecule has 4 nitrogen and oxygen atoms in total. The summed E-state index contributed by atoms with van der Waals surface area (Å²) in [4.78, 5) is 0. The fraction of sp³-hybridized carbons (Fsp3) is 1.00. The SMILES string of the molecule is COP(=O)(NSC(C)(C)C(C)(C)C)OC(C)C. The zero-order valence-corrected chi connectivity index (χ0v) is 13.9. The van der Waals surface area contributed by atoms with Gasteiger partial charge in [0.25, 0.3) is 0 Å². The molecule has 0 radical (unpaired) electrons. The van der Waals surface area contributed by atoms with Gasteiger partial charge in [-0.3, -0.25) is 9.05 Å². The molecule has 0 spiro atoms. The van der Waals surface area contributed by atoms with E-state index in [1.807, 2.05) is 13.8 Å². The van der Waals surface area contributed by atoms with Gasteiger partial charge in [0.2, 0.25) is 0 Å². The van der Waals surface area contributed by atoms with Crippen molar-refractivity contribution in [1.29, 1.82) is 0 Å². The van der Waals surface area contributed by atoms with E-state index in [9.17, 15) is 4.57 Å². The third-order valence-corrected chi connectivity index (χ3v) is 6.37. The first-order valence-corrected chi connectivity index (χ1v) is 8.09. The van der Waals surface area contributed by atoms with E-state index in [1.165, 1.54) is 19.1 Å². The van der Waals surface area contributed by atoms with Gasteiger partial charge in [0.05, 0.1) is 6.10 Å². The van der Waals surface area contributed by atoms with Crippen LogP contribution in [0.4, 0.5) is 0 Å². The first-order chi connectivity index (χ1) is 7.43. The van der Waals surface area contributed by atoms with E-state index in [0.29, 0.717) is 0 Å². The Bertz CT molecular complexity index is 287. The van der Waals surface area contributed by atoms with Gasteiger partial charge in [-0.25, -0.2) is 4.57 Å². The van der Waals surface area contributed by atoms with E-state index in [0.717, 1.165) is 0 Å². The van der Waals surface area contributed by atoms with E-state index in [-0.39, 0.29) is 16.3 Å². The summed E-state index contributed by atoms with van der Waals surface area (Å²) in [5, 5.41) is 0. The molecule has 0 aromatic carbocycles. The first kappa shape index (κ1) is 17.5. The van der Waals surface area contributed by atoms with Crippen LogP contribution >= 0.6 is 19.7 Å². The van der Waals surface area contributed by atoms with Crippen LogP contribution in [0.3, 0.4) is 0 Å². The van der Waals surface area contributed by atoms with Crippen LogP contribution in [0.1, 0.15) is 48.5 Å². The van der Waals surface area contributed by atoms with Crippen molar-refractivity contribution in [2.45, 2.75) is 59.3 Å². The topological polar surface area (TPSA) is 47.6 Å². The average molecular weight is 283 g/mol. The van der Waals surface area contributed by atoms with Gasteiger partial charge in [0.15, 0.2) is 0 Å². The molecule has 1 unspecified atom stereocenters. The van der Waals surface area contributed by atoms with Crippen LogP contribution in [0.25, 0.3) is 0 Å². The summed E-state index contributed by atoms with van der Waals surface area (Å²) in [5.41, 5.74) is 0.0705. The summed E-state index contributed by atoms with van der Waals surface area (Å²) in [6.07, 6.45) is -0.147. The molecule has 6 heteroatoms. The fourth-order valence-corrected chi connectivity index (χ4v) is 3.48. The lowest BCUT2D eigenvalue weighted by molar-refractivity contribution is 0.185. The molecule has 1 N–H and O–H groups in total. The van der Waals surface area contributed by atoms with Gasteiger partial charge in [-0.05, 0) is 33.1 Å². The van der Waals surface area contributed by atoms with E-state index in [2.05, 4.69) is 39.1 Å². The third kappa shape index (κ3) is 5.75. The normalized spacial score (nSPS) is 17.2. The highest BCUT2D eigenvalue weighted by Crippen LogP contribution is 2.50. The molecule has 0 aliphatic heterocycles. The number of hydrogen-bond donors (Lipinski definition) is 1. The standard InChI is InChI=1S/C11H26NO3PS/c1-9(2)15-16(13,14-8)12-17-11(6,7)10(3,4)5/h9H,1-8H3,(H,12,13). The smallest absolute Gasteiger partial charge is 0.300 e. The van der Waals surface area contributed by atoms with Crippen LogP contribution in [0, 0.1) is 5.41 Å². The molecule has 0 aliphatic rings. The summed E-state index contributed by atoms with van der Waals surface area (Å²) >= 11 is 1.40. The fourth-order valence-electron chi connectivity index (χ4n) is 0.702. The van der Waals surface area contributed by atoms with Crippen molar-refractivity contribution in [2.24, 2.45) is 5.41 Å². The molecular formula is C11H26NO3PS. The van der Waals surface area contributed by atoms with Crippen LogP contribution in [-0.2, 0) is 13.6 Å². The molecule has 0 rings (SSSR count). The molecule has 104 valence electrons. The Hall–Kier alpha value is 0.460. The number of hydrogen-bond acceptors (Lipinski definition) is 4. The molecule has 0 heterocycles. The molecular weight excluding hydrogens is 257 g/mol. The lowest BCUT2D eigenvalue weighted by atomic mass is 9.83. The van der Waals surface area contributed by atoms with Crippen LogP contribution in [-0.4, -0.2) is 18.0 Å². The van der Waals surface area contributed by atoms with Crippen molar-refractivity contribution in [3.05, 3.63) is 0 Å². The minimum absolute atomic E-state index is 0.0705. The molecule has 0 aromatic heterocycles. The second-order valence-electron chi connectivity index (χ2n) is 5.79. The van der Waals surface area contributed by atoms with E-state index >= 15 is 0 Å². The van der Waals surface area contributed by atoms with E-state index < -0.39 is 7.75 Å². The minimum Gasteiger partial charge on any atom is -0.300 e. The van der Waals surface area contributed by atoms with Crippen molar-refractivity contribution >= 4 is 19.7 Å².